The van der Waals surface area contributed by atoms with Gasteiger partial charge in [-0.3, -0.25) is 4.79 Å². The van der Waals surface area contributed by atoms with Gasteiger partial charge in [0.25, 0.3) is 5.91 Å². The van der Waals surface area contributed by atoms with Crippen LogP contribution in [0.4, 0.5) is 0 Å². The van der Waals surface area contributed by atoms with Gasteiger partial charge in [0.2, 0.25) is 0 Å². The maximum atomic E-state index is 11.5. The van der Waals surface area contributed by atoms with Crippen LogP contribution < -0.4 is 0 Å². The molecule has 1 aromatic rings. The molecule has 0 saturated carbocycles. The lowest BCUT2D eigenvalue weighted by atomic mass is 10.2. The van der Waals surface area contributed by atoms with Crippen molar-refractivity contribution in [3.63, 3.8) is 0 Å². The Bertz CT molecular complexity index is 306. The van der Waals surface area contributed by atoms with Crippen LogP contribution in [-0.4, -0.2) is 23.9 Å². The molecule has 0 unspecified atom stereocenters. The smallest absolute Gasteiger partial charge is 0.254 e. The molecule has 1 fully saturated rings. The lowest BCUT2D eigenvalue weighted by molar-refractivity contribution is 0.0652. The van der Waals surface area contributed by atoms with Gasteiger partial charge in [0, 0.05) is 18.5 Å². The van der Waals surface area contributed by atoms with Crippen molar-refractivity contribution in [1.82, 2.24) is 4.90 Å². The molecule has 1 aliphatic heterocycles. The zero-order chi connectivity index (χ0) is 8.55. The van der Waals surface area contributed by atoms with E-state index < -0.39 is 0 Å². The predicted octanol–water partition coefficient (Wildman–Crippen LogP) is 2.25. The molecule has 0 aromatic carbocycles. The summed E-state index contributed by atoms with van der Waals surface area (Å²) in [5.74, 6) is 0.115. The lowest BCUT2D eigenvalue weighted by Gasteiger charge is -2.30. The standard InChI is InChI=1S/C8H8ClNOS/c9-7-4-6(5-12-7)8(11)10-2-1-3-10/h4-5H,1-3H2. The first-order valence-corrected chi connectivity index (χ1v) is 5.06. The van der Waals surface area contributed by atoms with Gasteiger partial charge >= 0.3 is 0 Å². The molecule has 1 saturated heterocycles. The highest BCUT2D eigenvalue weighted by Gasteiger charge is 2.21. The molecule has 0 bridgehead atoms. The van der Waals surface area contributed by atoms with Crippen molar-refractivity contribution in [2.45, 2.75) is 6.42 Å². The number of thiophene rings is 1. The molecular weight excluding hydrogens is 194 g/mol. The highest BCUT2D eigenvalue weighted by molar-refractivity contribution is 7.14. The van der Waals surface area contributed by atoms with Crippen LogP contribution in [0.1, 0.15) is 16.8 Å². The van der Waals surface area contributed by atoms with Crippen molar-refractivity contribution in [2.24, 2.45) is 0 Å². The van der Waals surface area contributed by atoms with Gasteiger partial charge in [-0.1, -0.05) is 11.6 Å². The van der Waals surface area contributed by atoms with E-state index in [-0.39, 0.29) is 5.91 Å². The van der Waals surface area contributed by atoms with E-state index in [9.17, 15) is 4.79 Å². The number of amides is 1. The van der Waals surface area contributed by atoms with Crippen molar-refractivity contribution >= 4 is 28.8 Å². The Morgan fingerprint density at radius 1 is 1.58 bits per heavy atom. The minimum absolute atomic E-state index is 0.115. The number of likely N-dealkylation sites (tertiary alicyclic amines) is 1. The summed E-state index contributed by atoms with van der Waals surface area (Å²) >= 11 is 7.12. The van der Waals surface area contributed by atoms with Gasteiger partial charge in [0.05, 0.1) is 9.90 Å². The average molecular weight is 202 g/mol. The van der Waals surface area contributed by atoms with E-state index in [0.717, 1.165) is 25.1 Å². The summed E-state index contributed by atoms with van der Waals surface area (Å²) in [6, 6.07) is 1.73. The zero-order valence-corrected chi connectivity index (χ0v) is 7.99. The van der Waals surface area contributed by atoms with E-state index in [2.05, 4.69) is 0 Å². The molecule has 0 atom stereocenters. The highest BCUT2D eigenvalue weighted by atomic mass is 35.5. The fraction of sp³-hybridized carbons (Fsp3) is 0.375. The lowest BCUT2D eigenvalue weighted by Crippen LogP contribution is -2.41. The molecule has 1 aromatic heterocycles. The number of nitrogens with zero attached hydrogens (tertiary/aromatic N) is 1. The average Bonchev–Trinajstić information content (AvgIpc) is 2.31. The molecule has 64 valence electrons. The van der Waals surface area contributed by atoms with Gasteiger partial charge in [-0.15, -0.1) is 11.3 Å². The Balaban J connectivity index is 2.13. The summed E-state index contributed by atoms with van der Waals surface area (Å²) < 4.78 is 0.680. The van der Waals surface area contributed by atoms with Crippen LogP contribution in [0.5, 0.6) is 0 Å². The molecule has 0 spiro atoms. The van der Waals surface area contributed by atoms with E-state index in [1.54, 1.807) is 6.07 Å². The number of hydrogen-bond donors (Lipinski definition) is 0. The third-order valence-electron chi connectivity index (χ3n) is 1.96. The van der Waals surface area contributed by atoms with E-state index in [0.29, 0.717) is 4.34 Å². The fourth-order valence-corrected chi connectivity index (χ4v) is 1.98. The Kier molecular flexibility index (Phi) is 2.07. The van der Waals surface area contributed by atoms with E-state index in [4.69, 9.17) is 11.6 Å². The largest absolute Gasteiger partial charge is 0.338 e. The molecular formula is C8H8ClNOS. The highest BCUT2D eigenvalue weighted by Crippen LogP contribution is 2.22. The van der Waals surface area contributed by atoms with Gasteiger partial charge in [-0.05, 0) is 12.5 Å². The molecule has 2 rings (SSSR count). The van der Waals surface area contributed by atoms with Crippen LogP contribution in [0.15, 0.2) is 11.4 Å². The van der Waals surface area contributed by atoms with Crippen molar-refractivity contribution < 1.29 is 4.79 Å². The van der Waals surface area contributed by atoms with Crippen LogP contribution >= 0.6 is 22.9 Å². The number of rotatable bonds is 1. The molecule has 2 nitrogen and oxygen atoms in total. The predicted molar refractivity (Wildman–Crippen MR) is 49.8 cm³/mol. The van der Waals surface area contributed by atoms with E-state index in [1.165, 1.54) is 11.3 Å². The van der Waals surface area contributed by atoms with Crippen LogP contribution in [0, 0.1) is 0 Å². The summed E-state index contributed by atoms with van der Waals surface area (Å²) in [5, 5.41) is 1.81. The summed E-state index contributed by atoms with van der Waals surface area (Å²) in [6.07, 6.45) is 1.13. The quantitative estimate of drug-likeness (QED) is 0.683. The Morgan fingerprint density at radius 2 is 2.33 bits per heavy atom. The molecule has 0 aliphatic carbocycles. The topological polar surface area (TPSA) is 20.3 Å². The second-order valence-electron chi connectivity index (χ2n) is 2.79. The van der Waals surface area contributed by atoms with Gasteiger partial charge in [0.15, 0.2) is 0 Å². The molecule has 2 heterocycles. The minimum atomic E-state index is 0.115. The van der Waals surface area contributed by atoms with Crippen LogP contribution in [0.3, 0.4) is 0 Å². The van der Waals surface area contributed by atoms with Gasteiger partial charge in [-0.2, -0.15) is 0 Å². The Morgan fingerprint density at radius 3 is 2.75 bits per heavy atom. The van der Waals surface area contributed by atoms with Crippen LogP contribution in [0.25, 0.3) is 0 Å². The van der Waals surface area contributed by atoms with Crippen molar-refractivity contribution in [1.29, 1.82) is 0 Å². The summed E-state index contributed by atoms with van der Waals surface area (Å²) in [6.45, 7) is 1.79. The van der Waals surface area contributed by atoms with Gasteiger partial charge < -0.3 is 4.90 Å². The number of hydrogen-bond acceptors (Lipinski definition) is 2. The molecule has 0 N–H and O–H groups in total. The first-order chi connectivity index (χ1) is 5.77. The Labute approximate surface area is 79.8 Å². The normalized spacial score (nSPS) is 15.9. The minimum Gasteiger partial charge on any atom is -0.338 e. The van der Waals surface area contributed by atoms with Gasteiger partial charge in [-0.25, -0.2) is 0 Å². The third-order valence-corrected chi connectivity index (χ3v) is 3.05. The number of carbonyl (C=O) groups is 1. The molecule has 1 aliphatic rings. The Hall–Kier alpha value is -0.540. The van der Waals surface area contributed by atoms with Crippen LogP contribution in [0.2, 0.25) is 4.34 Å². The molecule has 0 radical (unpaired) electrons. The second-order valence-corrected chi connectivity index (χ2v) is 4.33. The zero-order valence-electron chi connectivity index (χ0n) is 6.42. The van der Waals surface area contributed by atoms with Crippen molar-refractivity contribution in [2.75, 3.05) is 13.1 Å². The SMILES string of the molecule is O=C(c1csc(Cl)c1)N1CCC1. The summed E-state index contributed by atoms with van der Waals surface area (Å²) in [7, 11) is 0. The van der Waals surface area contributed by atoms with Crippen molar-refractivity contribution in [3.8, 4) is 0 Å². The third kappa shape index (κ3) is 1.34. The maximum Gasteiger partial charge on any atom is 0.254 e. The van der Waals surface area contributed by atoms with Crippen LogP contribution in [-0.2, 0) is 0 Å². The number of carbonyl (C=O) groups excluding carboxylic acids is 1. The maximum absolute atomic E-state index is 11.5. The summed E-state index contributed by atoms with van der Waals surface area (Å²) in [5.41, 5.74) is 0.727. The second kappa shape index (κ2) is 3.07. The van der Waals surface area contributed by atoms with E-state index in [1.807, 2.05) is 10.3 Å². The van der Waals surface area contributed by atoms with Crippen molar-refractivity contribution in [3.05, 3.63) is 21.3 Å². The first-order valence-electron chi connectivity index (χ1n) is 3.81. The van der Waals surface area contributed by atoms with Gasteiger partial charge in [0.1, 0.15) is 0 Å². The monoisotopic (exact) mass is 201 g/mol. The molecule has 1 amide bonds. The summed E-state index contributed by atoms with van der Waals surface area (Å²) in [4.78, 5) is 13.3. The number of halogens is 1. The molecule has 4 heteroatoms. The fourth-order valence-electron chi connectivity index (χ4n) is 1.12. The first kappa shape index (κ1) is 8.08. The van der Waals surface area contributed by atoms with E-state index >= 15 is 0 Å². The molecule has 12 heavy (non-hydrogen) atoms.